The van der Waals surface area contributed by atoms with E-state index in [0.717, 1.165) is 37.0 Å². The highest BCUT2D eigenvalue weighted by Gasteiger charge is 2.42. The molecule has 2 unspecified atom stereocenters. The molecule has 13 heavy (non-hydrogen) atoms. The molecule has 1 heteroatoms. The lowest BCUT2D eigenvalue weighted by Crippen LogP contribution is -2.28. The van der Waals surface area contributed by atoms with Gasteiger partial charge >= 0.3 is 0 Å². The molecule has 0 aliphatic heterocycles. The Bertz CT molecular complexity index is 195. The van der Waals surface area contributed by atoms with E-state index in [2.05, 4.69) is 0 Å². The van der Waals surface area contributed by atoms with Gasteiger partial charge in [0.25, 0.3) is 0 Å². The van der Waals surface area contributed by atoms with Crippen molar-refractivity contribution in [2.45, 2.75) is 57.0 Å². The summed E-state index contributed by atoms with van der Waals surface area (Å²) in [5.74, 6) is 2.81. The van der Waals surface area contributed by atoms with E-state index in [1.54, 1.807) is 0 Å². The lowest BCUT2D eigenvalue weighted by Gasteiger charge is -2.32. The van der Waals surface area contributed by atoms with Gasteiger partial charge in [0.05, 0.1) is 5.60 Å². The van der Waals surface area contributed by atoms with Gasteiger partial charge in [-0.15, -0.1) is 0 Å². The van der Waals surface area contributed by atoms with Crippen molar-refractivity contribution in [2.75, 3.05) is 0 Å². The molecule has 1 nitrogen and oxygen atoms in total. The smallest absolute Gasteiger partial charge is 0.0650 e. The van der Waals surface area contributed by atoms with Gasteiger partial charge in [-0.05, 0) is 69.1 Å². The quantitative estimate of drug-likeness (QED) is 0.607. The monoisotopic (exact) mass is 180 g/mol. The molecule has 0 heterocycles. The molecule has 1 N–H and O–H groups in total. The van der Waals surface area contributed by atoms with Crippen LogP contribution in [0.5, 0.6) is 0 Å². The molecule has 0 saturated heterocycles. The van der Waals surface area contributed by atoms with Crippen LogP contribution in [0.25, 0.3) is 0 Å². The molecule has 74 valence electrons. The first kappa shape index (κ1) is 8.28. The third-order valence-electron chi connectivity index (χ3n) is 4.70. The lowest BCUT2D eigenvalue weighted by atomic mass is 9.74. The summed E-state index contributed by atoms with van der Waals surface area (Å²) < 4.78 is 0. The van der Waals surface area contributed by atoms with Crippen molar-refractivity contribution in [3.63, 3.8) is 0 Å². The van der Waals surface area contributed by atoms with Crippen molar-refractivity contribution in [3.8, 4) is 0 Å². The van der Waals surface area contributed by atoms with Crippen molar-refractivity contribution >= 4 is 0 Å². The maximum atomic E-state index is 10.4. The SMILES string of the molecule is OC12CCC3CC(CC1)CC(C3)C2. The molecule has 0 amide bonds. The Hall–Kier alpha value is -0.0400. The number of hydrogen-bond donors (Lipinski definition) is 1. The minimum atomic E-state index is -0.241. The van der Waals surface area contributed by atoms with Crippen LogP contribution in [0.15, 0.2) is 0 Å². The van der Waals surface area contributed by atoms with Crippen LogP contribution >= 0.6 is 0 Å². The normalized spacial score (nSPS) is 54.7. The maximum absolute atomic E-state index is 10.4. The highest BCUT2D eigenvalue weighted by atomic mass is 16.3. The summed E-state index contributed by atoms with van der Waals surface area (Å²) in [5, 5.41) is 10.4. The van der Waals surface area contributed by atoms with Gasteiger partial charge < -0.3 is 5.11 Å². The topological polar surface area (TPSA) is 20.2 Å². The summed E-state index contributed by atoms with van der Waals surface area (Å²) in [6, 6.07) is 0. The Kier molecular flexibility index (Phi) is 1.74. The molecular weight excluding hydrogens is 160 g/mol. The van der Waals surface area contributed by atoms with Crippen LogP contribution < -0.4 is 0 Å². The van der Waals surface area contributed by atoms with E-state index in [-0.39, 0.29) is 5.60 Å². The van der Waals surface area contributed by atoms with E-state index in [0.29, 0.717) is 0 Å². The second-order valence-electron chi connectivity index (χ2n) is 5.81. The van der Waals surface area contributed by atoms with E-state index in [9.17, 15) is 5.11 Å². The largest absolute Gasteiger partial charge is 0.390 e. The fourth-order valence-corrected chi connectivity index (χ4v) is 4.15. The summed E-state index contributed by atoms with van der Waals surface area (Å²) in [6.07, 6.45) is 10.3. The van der Waals surface area contributed by atoms with Crippen LogP contribution in [-0.4, -0.2) is 10.7 Å². The molecule has 0 aromatic rings. The third-order valence-corrected chi connectivity index (χ3v) is 4.70. The van der Waals surface area contributed by atoms with Gasteiger partial charge in [-0.1, -0.05) is 0 Å². The first-order chi connectivity index (χ1) is 6.23. The number of fused-ring (bicyclic) bond motifs is 3. The highest BCUT2D eigenvalue weighted by Crippen LogP contribution is 2.50. The lowest BCUT2D eigenvalue weighted by molar-refractivity contribution is 0.00785. The van der Waals surface area contributed by atoms with Crippen molar-refractivity contribution in [2.24, 2.45) is 17.8 Å². The second-order valence-corrected chi connectivity index (χ2v) is 5.81. The van der Waals surface area contributed by atoms with Crippen molar-refractivity contribution in [3.05, 3.63) is 0 Å². The molecule has 0 aromatic heterocycles. The molecule has 0 radical (unpaired) electrons. The Morgan fingerprint density at radius 1 is 0.846 bits per heavy atom. The van der Waals surface area contributed by atoms with Gasteiger partial charge in [0.2, 0.25) is 0 Å². The fourth-order valence-electron chi connectivity index (χ4n) is 4.15. The fraction of sp³-hybridized carbons (Fsp3) is 1.00. The van der Waals surface area contributed by atoms with Crippen molar-refractivity contribution < 1.29 is 5.11 Å². The zero-order valence-electron chi connectivity index (χ0n) is 8.34. The van der Waals surface area contributed by atoms with Gasteiger partial charge in [-0.3, -0.25) is 0 Å². The molecule has 3 saturated carbocycles. The second kappa shape index (κ2) is 2.73. The molecule has 3 fully saturated rings. The van der Waals surface area contributed by atoms with Gasteiger partial charge in [-0.2, -0.15) is 0 Å². The summed E-state index contributed by atoms with van der Waals surface area (Å²) in [7, 11) is 0. The summed E-state index contributed by atoms with van der Waals surface area (Å²) in [5.41, 5.74) is -0.241. The average Bonchev–Trinajstić information content (AvgIpc) is 2.27. The molecule has 0 aromatic carbocycles. The highest BCUT2D eigenvalue weighted by molar-refractivity contribution is 4.95. The van der Waals surface area contributed by atoms with Crippen LogP contribution in [0.2, 0.25) is 0 Å². The van der Waals surface area contributed by atoms with Crippen molar-refractivity contribution in [1.29, 1.82) is 0 Å². The van der Waals surface area contributed by atoms with E-state index in [1.807, 2.05) is 0 Å². The predicted molar refractivity (Wildman–Crippen MR) is 52.4 cm³/mol. The van der Waals surface area contributed by atoms with Gasteiger partial charge in [0.15, 0.2) is 0 Å². The number of aliphatic hydroxyl groups is 1. The van der Waals surface area contributed by atoms with Gasteiger partial charge in [-0.25, -0.2) is 0 Å². The number of rotatable bonds is 0. The maximum Gasteiger partial charge on any atom is 0.0650 e. The standard InChI is InChI=1S/C12H20O/c13-12-3-1-9-5-10(2-4-12)7-11(6-9)8-12/h9-11,13H,1-8H2. The van der Waals surface area contributed by atoms with Gasteiger partial charge in [0.1, 0.15) is 0 Å². The minimum absolute atomic E-state index is 0.241. The summed E-state index contributed by atoms with van der Waals surface area (Å²) in [6.45, 7) is 0. The Labute approximate surface area is 80.5 Å². The Balaban J connectivity index is 1.92. The predicted octanol–water partition coefficient (Wildman–Crippen LogP) is 2.73. The molecule has 3 aliphatic rings. The van der Waals surface area contributed by atoms with Crippen LogP contribution in [-0.2, 0) is 0 Å². The average molecular weight is 180 g/mol. The van der Waals surface area contributed by atoms with Crippen molar-refractivity contribution in [1.82, 2.24) is 0 Å². The minimum Gasteiger partial charge on any atom is -0.390 e. The van der Waals surface area contributed by atoms with Crippen LogP contribution in [0, 0.1) is 17.8 Å². The van der Waals surface area contributed by atoms with E-state index in [1.165, 1.54) is 32.1 Å². The molecule has 4 bridgehead atoms. The van der Waals surface area contributed by atoms with E-state index in [4.69, 9.17) is 0 Å². The van der Waals surface area contributed by atoms with E-state index < -0.39 is 0 Å². The van der Waals surface area contributed by atoms with Crippen LogP contribution in [0.3, 0.4) is 0 Å². The zero-order valence-corrected chi connectivity index (χ0v) is 8.34. The molecule has 2 atom stereocenters. The van der Waals surface area contributed by atoms with Crippen LogP contribution in [0.1, 0.15) is 51.4 Å². The molecule has 3 rings (SSSR count). The molecule has 3 aliphatic carbocycles. The molecular formula is C12H20O. The van der Waals surface area contributed by atoms with E-state index >= 15 is 0 Å². The van der Waals surface area contributed by atoms with Crippen LogP contribution in [0.4, 0.5) is 0 Å². The molecule has 0 spiro atoms. The first-order valence-electron chi connectivity index (χ1n) is 5.96. The third kappa shape index (κ3) is 1.41. The summed E-state index contributed by atoms with van der Waals surface area (Å²) in [4.78, 5) is 0. The summed E-state index contributed by atoms with van der Waals surface area (Å²) >= 11 is 0. The number of hydrogen-bond acceptors (Lipinski definition) is 1. The van der Waals surface area contributed by atoms with Gasteiger partial charge in [0, 0.05) is 0 Å². The Morgan fingerprint density at radius 2 is 1.38 bits per heavy atom. The Morgan fingerprint density at radius 3 is 2.00 bits per heavy atom. The first-order valence-corrected chi connectivity index (χ1v) is 5.96. The zero-order chi connectivity index (χ0) is 8.89.